The van der Waals surface area contributed by atoms with Crippen molar-refractivity contribution < 1.29 is 4.74 Å². The summed E-state index contributed by atoms with van der Waals surface area (Å²) in [6.07, 6.45) is 2.88. The fourth-order valence-electron chi connectivity index (χ4n) is 1.24. The van der Waals surface area contributed by atoms with Gasteiger partial charge >= 0.3 is 0 Å². The van der Waals surface area contributed by atoms with Gasteiger partial charge in [0.15, 0.2) is 0 Å². The molecule has 0 radical (unpaired) electrons. The van der Waals surface area contributed by atoms with Crippen molar-refractivity contribution in [3.05, 3.63) is 0 Å². The fraction of sp³-hybridized carbons (Fsp3) is 1.00. The van der Waals surface area contributed by atoms with Gasteiger partial charge in [0.1, 0.15) is 0 Å². The summed E-state index contributed by atoms with van der Waals surface area (Å²) in [6.45, 7) is 7.58. The van der Waals surface area contributed by atoms with Crippen molar-refractivity contribution in [2.45, 2.75) is 32.8 Å². The number of hydrogen-bond donors (Lipinski definition) is 1. The third-order valence-electron chi connectivity index (χ3n) is 2.06. The molecule has 0 unspecified atom stereocenters. The monoisotopic (exact) mass is 157 g/mol. The molecule has 1 aliphatic rings. The standard InChI is InChI=1S/C9H19NO/c1-8(2)4-6-11-9-3-5-10-7-9/h8-10H,3-7H2,1-2H3/t9-/m1/s1. The predicted octanol–water partition coefficient (Wildman–Crippen LogP) is 1.41. The van der Waals surface area contributed by atoms with Crippen molar-refractivity contribution in [2.24, 2.45) is 5.92 Å². The molecule has 11 heavy (non-hydrogen) atoms. The lowest BCUT2D eigenvalue weighted by atomic mass is 10.1. The van der Waals surface area contributed by atoms with Crippen molar-refractivity contribution in [1.29, 1.82) is 0 Å². The van der Waals surface area contributed by atoms with Gasteiger partial charge in [0.05, 0.1) is 6.10 Å². The molecule has 0 aromatic rings. The fourth-order valence-corrected chi connectivity index (χ4v) is 1.24. The van der Waals surface area contributed by atoms with Crippen LogP contribution in [-0.4, -0.2) is 25.8 Å². The van der Waals surface area contributed by atoms with Crippen LogP contribution in [0.3, 0.4) is 0 Å². The number of hydrogen-bond acceptors (Lipinski definition) is 2. The van der Waals surface area contributed by atoms with Crippen molar-refractivity contribution in [3.63, 3.8) is 0 Å². The van der Waals surface area contributed by atoms with Gasteiger partial charge in [-0.25, -0.2) is 0 Å². The molecule has 0 spiro atoms. The molecule has 1 rings (SSSR count). The van der Waals surface area contributed by atoms with Gasteiger partial charge in [-0.15, -0.1) is 0 Å². The molecule has 1 fully saturated rings. The van der Waals surface area contributed by atoms with Crippen LogP contribution in [-0.2, 0) is 4.74 Å². The lowest BCUT2D eigenvalue weighted by molar-refractivity contribution is 0.0598. The maximum absolute atomic E-state index is 5.65. The zero-order valence-electron chi connectivity index (χ0n) is 7.60. The third kappa shape index (κ3) is 3.73. The van der Waals surface area contributed by atoms with Gasteiger partial charge in [-0.1, -0.05) is 13.8 Å². The third-order valence-corrected chi connectivity index (χ3v) is 2.06. The molecule has 0 aromatic heterocycles. The Morgan fingerprint density at radius 2 is 2.36 bits per heavy atom. The van der Waals surface area contributed by atoms with Crippen LogP contribution in [0.25, 0.3) is 0 Å². The lowest BCUT2D eigenvalue weighted by Crippen LogP contribution is -2.17. The van der Waals surface area contributed by atoms with Crippen LogP contribution in [0, 0.1) is 5.92 Å². The molecule has 0 aliphatic carbocycles. The van der Waals surface area contributed by atoms with E-state index in [1.807, 2.05) is 0 Å². The van der Waals surface area contributed by atoms with Crippen molar-refractivity contribution >= 4 is 0 Å². The van der Waals surface area contributed by atoms with E-state index in [-0.39, 0.29) is 0 Å². The first-order valence-electron chi connectivity index (χ1n) is 4.61. The van der Waals surface area contributed by atoms with Crippen LogP contribution in [0.15, 0.2) is 0 Å². The summed E-state index contributed by atoms with van der Waals surface area (Å²) in [7, 11) is 0. The highest BCUT2D eigenvalue weighted by atomic mass is 16.5. The first-order chi connectivity index (χ1) is 5.29. The van der Waals surface area contributed by atoms with Gasteiger partial charge in [0.2, 0.25) is 0 Å². The Bertz CT molecular complexity index is 97.7. The van der Waals surface area contributed by atoms with Gasteiger partial charge in [-0.3, -0.25) is 0 Å². The second-order valence-electron chi connectivity index (χ2n) is 3.67. The minimum Gasteiger partial charge on any atom is -0.377 e. The largest absolute Gasteiger partial charge is 0.377 e. The van der Waals surface area contributed by atoms with Gasteiger partial charge in [-0.05, 0) is 25.3 Å². The van der Waals surface area contributed by atoms with E-state index in [1.54, 1.807) is 0 Å². The van der Waals surface area contributed by atoms with Gasteiger partial charge in [-0.2, -0.15) is 0 Å². The molecule has 1 aliphatic heterocycles. The summed E-state index contributed by atoms with van der Waals surface area (Å²) in [5.41, 5.74) is 0. The van der Waals surface area contributed by atoms with E-state index in [1.165, 1.54) is 12.8 Å². The van der Waals surface area contributed by atoms with Crippen LogP contribution >= 0.6 is 0 Å². The molecule has 1 saturated heterocycles. The Morgan fingerprint density at radius 1 is 1.55 bits per heavy atom. The van der Waals surface area contributed by atoms with Crippen LogP contribution in [0.4, 0.5) is 0 Å². The number of ether oxygens (including phenoxy) is 1. The summed E-state index contributed by atoms with van der Waals surface area (Å²) in [4.78, 5) is 0. The molecule has 2 nitrogen and oxygen atoms in total. The van der Waals surface area contributed by atoms with E-state index in [0.717, 1.165) is 25.6 Å². The van der Waals surface area contributed by atoms with E-state index in [4.69, 9.17) is 4.74 Å². The molecule has 0 aromatic carbocycles. The molecule has 1 N–H and O–H groups in total. The van der Waals surface area contributed by atoms with E-state index < -0.39 is 0 Å². The summed E-state index contributed by atoms with van der Waals surface area (Å²) in [6, 6.07) is 0. The molecule has 1 heterocycles. The maximum atomic E-state index is 5.65. The first-order valence-corrected chi connectivity index (χ1v) is 4.61. The van der Waals surface area contributed by atoms with Crippen LogP contribution < -0.4 is 5.32 Å². The van der Waals surface area contributed by atoms with Crippen molar-refractivity contribution in [1.82, 2.24) is 5.32 Å². The molecule has 2 heteroatoms. The Labute approximate surface area is 69.3 Å². The van der Waals surface area contributed by atoms with Crippen molar-refractivity contribution in [2.75, 3.05) is 19.7 Å². The number of nitrogens with one attached hydrogen (secondary N) is 1. The summed E-state index contributed by atoms with van der Waals surface area (Å²) >= 11 is 0. The van der Waals surface area contributed by atoms with E-state index in [9.17, 15) is 0 Å². The Hall–Kier alpha value is -0.0800. The topological polar surface area (TPSA) is 21.3 Å². The minimum atomic E-state index is 0.494. The summed E-state index contributed by atoms with van der Waals surface area (Å²) in [5.74, 6) is 0.768. The molecule has 1 atom stereocenters. The first kappa shape index (κ1) is 9.01. The Kier molecular flexibility index (Phi) is 3.87. The van der Waals surface area contributed by atoms with E-state index >= 15 is 0 Å². The molecule has 66 valence electrons. The van der Waals surface area contributed by atoms with Crippen LogP contribution in [0.2, 0.25) is 0 Å². The normalized spacial score (nSPS) is 24.8. The number of rotatable bonds is 4. The van der Waals surface area contributed by atoms with Crippen LogP contribution in [0.1, 0.15) is 26.7 Å². The van der Waals surface area contributed by atoms with E-state index in [0.29, 0.717) is 6.10 Å². The molecule has 0 bridgehead atoms. The molecule has 0 amide bonds. The van der Waals surface area contributed by atoms with Crippen LogP contribution in [0.5, 0.6) is 0 Å². The Morgan fingerprint density at radius 3 is 2.91 bits per heavy atom. The van der Waals surface area contributed by atoms with Gasteiger partial charge in [0.25, 0.3) is 0 Å². The minimum absolute atomic E-state index is 0.494. The molecular weight excluding hydrogens is 138 g/mol. The van der Waals surface area contributed by atoms with Gasteiger partial charge in [0, 0.05) is 13.2 Å². The zero-order chi connectivity index (χ0) is 8.10. The Balaban J connectivity index is 1.94. The quantitative estimate of drug-likeness (QED) is 0.666. The highest BCUT2D eigenvalue weighted by Gasteiger charge is 2.13. The zero-order valence-corrected chi connectivity index (χ0v) is 7.60. The second kappa shape index (κ2) is 4.73. The molecular formula is C9H19NO. The smallest absolute Gasteiger partial charge is 0.0711 e. The maximum Gasteiger partial charge on any atom is 0.0711 e. The SMILES string of the molecule is CC(C)CCO[C@@H]1CCNC1. The predicted molar refractivity (Wildman–Crippen MR) is 46.7 cm³/mol. The second-order valence-corrected chi connectivity index (χ2v) is 3.67. The van der Waals surface area contributed by atoms with Crippen molar-refractivity contribution in [3.8, 4) is 0 Å². The summed E-state index contributed by atoms with van der Waals surface area (Å²) in [5, 5.41) is 3.29. The van der Waals surface area contributed by atoms with E-state index in [2.05, 4.69) is 19.2 Å². The highest BCUT2D eigenvalue weighted by Crippen LogP contribution is 2.06. The lowest BCUT2D eigenvalue weighted by Gasteiger charge is -2.11. The average molecular weight is 157 g/mol. The highest BCUT2D eigenvalue weighted by molar-refractivity contribution is 4.70. The molecule has 0 saturated carbocycles. The van der Waals surface area contributed by atoms with Gasteiger partial charge < -0.3 is 10.1 Å². The summed E-state index contributed by atoms with van der Waals surface area (Å²) < 4.78 is 5.65. The average Bonchev–Trinajstić information content (AvgIpc) is 2.39.